The number of aliphatic hydroxyl groups excluding tert-OH is 1. The summed E-state index contributed by atoms with van der Waals surface area (Å²) in [5, 5.41) is 13.7. The van der Waals surface area contributed by atoms with Gasteiger partial charge >= 0.3 is 0 Å². The predicted molar refractivity (Wildman–Crippen MR) is 76.6 cm³/mol. The van der Waals surface area contributed by atoms with Gasteiger partial charge < -0.3 is 10.4 Å². The largest absolute Gasteiger partial charge is 0.394 e. The highest BCUT2D eigenvalue weighted by molar-refractivity contribution is 4.95. The van der Waals surface area contributed by atoms with Gasteiger partial charge in [-0.15, -0.1) is 0 Å². The van der Waals surface area contributed by atoms with Crippen molar-refractivity contribution in [3.05, 3.63) is 0 Å². The first-order valence-corrected chi connectivity index (χ1v) is 7.93. The molecule has 0 aliphatic heterocycles. The molecule has 2 nitrogen and oxygen atoms in total. The molecule has 2 aliphatic rings. The molecule has 106 valence electrons. The molecular formula is C16H31NO. The molecular weight excluding hydrogens is 222 g/mol. The van der Waals surface area contributed by atoms with Crippen LogP contribution in [-0.2, 0) is 0 Å². The van der Waals surface area contributed by atoms with Gasteiger partial charge in [-0.25, -0.2) is 0 Å². The van der Waals surface area contributed by atoms with Gasteiger partial charge in [-0.05, 0) is 62.7 Å². The summed E-state index contributed by atoms with van der Waals surface area (Å²) in [5.41, 5.74) is 0.0392. The van der Waals surface area contributed by atoms with Gasteiger partial charge in [0.25, 0.3) is 0 Å². The van der Waals surface area contributed by atoms with Crippen molar-refractivity contribution in [3.63, 3.8) is 0 Å². The molecule has 0 amide bonds. The molecule has 2 rings (SSSR count). The highest BCUT2D eigenvalue weighted by atomic mass is 16.3. The molecule has 0 aromatic carbocycles. The van der Waals surface area contributed by atoms with Crippen molar-refractivity contribution >= 4 is 0 Å². The first-order chi connectivity index (χ1) is 8.54. The second kappa shape index (κ2) is 5.92. The Balaban J connectivity index is 1.90. The van der Waals surface area contributed by atoms with Gasteiger partial charge in [0.1, 0.15) is 0 Å². The van der Waals surface area contributed by atoms with E-state index in [0.29, 0.717) is 12.6 Å². The summed E-state index contributed by atoms with van der Waals surface area (Å²) in [5.74, 6) is 2.55. The van der Waals surface area contributed by atoms with Crippen LogP contribution in [0, 0.1) is 17.8 Å². The summed E-state index contributed by atoms with van der Waals surface area (Å²) in [4.78, 5) is 0. The van der Waals surface area contributed by atoms with Crippen LogP contribution in [0.3, 0.4) is 0 Å². The Labute approximate surface area is 113 Å². The van der Waals surface area contributed by atoms with Crippen molar-refractivity contribution in [2.45, 2.75) is 77.3 Å². The molecule has 2 heteroatoms. The number of hydrogen-bond donors (Lipinski definition) is 2. The Hall–Kier alpha value is -0.0800. The second-order valence-electron chi connectivity index (χ2n) is 7.23. The summed E-state index contributed by atoms with van der Waals surface area (Å²) < 4.78 is 0. The molecule has 0 heterocycles. The van der Waals surface area contributed by atoms with Crippen LogP contribution in [-0.4, -0.2) is 23.3 Å². The van der Waals surface area contributed by atoms with E-state index in [0.717, 1.165) is 30.6 Å². The standard InChI is InChI=1S/C16H31NO/c1-12-6-8-16(11-18,9-7-12)17-15-5-4-13(2)14(3)10-15/h12-15,17-18H,4-11H2,1-3H3. The number of hydrogen-bond acceptors (Lipinski definition) is 2. The maximum atomic E-state index is 9.81. The van der Waals surface area contributed by atoms with E-state index in [2.05, 4.69) is 26.1 Å². The zero-order chi connectivity index (χ0) is 13.2. The van der Waals surface area contributed by atoms with Gasteiger partial charge in [-0.1, -0.05) is 20.8 Å². The van der Waals surface area contributed by atoms with Gasteiger partial charge in [0.15, 0.2) is 0 Å². The molecule has 3 atom stereocenters. The van der Waals surface area contributed by atoms with Gasteiger partial charge in [0.05, 0.1) is 6.61 Å². The first-order valence-electron chi connectivity index (χ1n) is 7.93. The minimum absolute atomic E-state index is 0.0392. The van der Waals surface area contributed by atoms with Crippen LogP contribution in [0.2, 0.25) is 0 Å². The van der Waals surface area contributed by atoms with Crippen molar-refractivity contribution in [2.24, 2.45) is 17.8 Å². The lowest BCUT2D eigenvalue weighted by atomic mass is 9.74. The van der Waals surface area contributed by atoms with Gasteiger partial charge in [0.2, 0.25) is 0 Å². The molecule has 2 N–H and O–H groups in total. The lowest BCUT2D eigenvalue weighted by molar-refractivity contribution is 0.0780. The SMILES string of the molecule is CC1CCC(CO)(NC2CCC(C)C(C)C2)CC1. The fraction of sp³-hybridized carbons (Fsp3) is 1.00. The Morgan fingerprint density at radius 3 is 2.22 bits per heavy atom. The van der Waals surface area contributed by atoms with Crippen molar-refractivity contribution in [1.29, 1.82) is 0 Å². The van der Waals surface area contributed by atoms with Crippen LogP contribution < -0.4 is 5.32 Å². The topological polar surface area (TPSA) is 32.3 Å². The molecule has 0 aromatic heterocycles. The predicted octanol–water partition coefficient (Wildman–Crippen LogP) is 3.34. The van der Waals surface area contributed by atoms with Crippen molar-refractivity contribution < 1.29 is 5.11 Å². The zero-order valence-electron chi connectivity index (χ0n) is 12.4. The smallest absolute Gasteiger partial charge is 0.0613 e. The van der Waals surface area contributed by atoms with Gasteiger partial charge in [-0.2, -0.15) is 0 Å². The lowest BCUT2D eigenvalue weighted by Gasteiger charge is -2.44. The summed E-state index contributed by atoms with van der Waals surface area (Å²) in [6.45, 7) is 7.42. The molecule has 2 aliphatic carbocycles. The number of nitrogens with one attached hydrogen (secondary N) is 1. The average Bonchev–Trinajstić information content (AvgIpc) is 2.37. The molecule has 0 aromatic rings. The molecule has 2 saturated carbocycles. The fourth-order valence-corrected chi connectivity index (χ4v) is 3.77. The molecule has 18 heavy (non-hydrogen) atoms. The minimum atomic E-state index is 0.0392. The van der Waals surface area contributed by atoms with Crippen LogP contribution in [0.5, 0.6) is 0 Å². The van der Waals surface area contributed by atoms with E-state index in [1.807, 2.05) is 0 Å². The monoisotopic (exact) mass is 253 g/mol. The molecule has 0 bridgehead atoms. The van der Waals surface area contributed by atoms with E-state index in [1.165, 1.54) is 32.1 Å². The highest BCUT2D eigenvalue weighted by Gasteiger charge is 2.36. The second-order valence-corrected chi connectivity index (χ2v) is 7.23. The maximum absolute atomic E-state index is 9.81. The number of rotatable bonds is 3. The van der Waals surface area contributed by atoms with Crippen molar-refractivity contribution in [1.82, 2.24) is 5.32 Å². The molecule has 3 unspecified atom stereocenters. The van der Waals surface area contributed by atoms with Crippen molar-refractivity contribution in [2.75, 3.05) is 6.61 Å². The van der Waals surface area contributed by atoms with E-state index < -0.39 is 0 Å². The van der Waals surface area contributed by atoms with Crippen LogP contribution in [0.15, 0.2) is 0 Å². The summed E-state index contributed by atoms with van der Waals surface area (Å²) >= 11 is 0. The van der Waals surface area contributed by atoms with E-state index in [4.69, 9.17) is 0 Å². The Morgan fingerprint density at radius 1 is 1.00 bits per heavy atom. The highest BCUT2D eigenvalue weighted by Crippen LogP contribution is 2.35. The van der Waals surface area contributed by atoms with Gasteiger partial charge in [0, 0.05) is 11.6 Å². The Kier molecular flexibility index (Phi) is 4.71. The molecule has 2 fully saturated rings. The summed E-state index contributed by atoms with van der Waals surface area (Å²) in [6, 6.07) is 0.636. The molecule has 0 radical (unpaired) electrons. The Bertz CT molecular complexity index is 258. The van der Waals surface area contributed by atoms with Crippen LogP contribution in [0.1, 0.15) is 65.7 Å². The third-order valence-electron chi connectivity index (χ3n) is 5.64. The van der Waals surface area contributed by atoms with Crippen LogP contribution in [0.4, 0.5) is 0 Å². The van der Waals surface area contributed by atoms with Crippen LogP contribution >= 0.6 is 0 Å². The van der Waals surface area contributed by atoms with Crippen molar-refractivity contribution in [3.8, 4) is 0 Å². The third kappa shape index (κ3) is 3.27. The molecule has 0 spiro atoms. The maximum Gasteiger partial charge on any atom is 0.0613 e. The van der Waals surface area contributed by atoms with E-state index in [9.17, 15) is 5.11 Å². The normalized spacial score (nSPS) is 46.0. The quantitative estimate of drug-likeness (QED) is 0.808. The van der Waals surface area contributed by atoms with Crippen LogP contribution in [0.25, 0.3) is 0 Å². The third-order valence-corrected chi connectivity index (χ3v) is 5.64. The average molecular weight is 253 g/mol. The van der Waals surface area contributed by atoms with E-state index in [-0.39, 0.29) is 5.54 Å². The van der Waals surface area contributed by atoms with Gasteiger partial charge in [-0.3, -0.25) is 0 Å². The summed E-state index contributed by atoms with van der Waals surface area (Å²) in [7, 11) is 0. The zero-order valence-corrected chi connectivity index (χ0v) is 12.4. The first kappa shape index (κ1) is 14.3. The minimum Gasteiger partial charge on any atom is -0.394 e. The summed E-state index contributed by atoms with van der Waals surface area (Å²) in [6.07, 6.45) is 8.78. The lowest BCUT2D eigenvalue weighted by Crippen LogP contribution is -2.56. The van der Waals surface area contributed by atoms with E-state index >= 15 is 0 Å². The van der Waals surface area contributed by atoms with E-state index in [1.54, 1.807) is 0 Å². The number of aliphatic hydroxyl groups is 1. The Morgan fingerprint density at radius 2 is 1.67 bits per heavy atom. The molecule has 0 saturated heterocycles. The fourth-order valence-electron chi connectivity index (χ4n) is 3.77.